The van der Waals surface area contributed by atoms with Crippen molar-refractivity contribution >= 4 is 11.8 Å². The highest BCUT2D eigenvalue weighted by Crippen LogP contribution is 2.52. The van der Waals surface area contributed by atoms with Crippen molar-refractivity contribution in [3.8, 4) is 0 Å². The number of hydrogen-bond acceptors (Lipinski definition) is 7. The van der Waals surface area contributed by atoms with E-state index in [9.17, 15) is 9.59 Å². The molecule has 0 N–H and O–H groups in total. The fraction of sp³-hybridized carbons (Fsp3) is 0.667. The molecule has 2 amide bonds. The molecule has 0 aromatic carbocycles. The highest BCUT2D eigenvalue weighted by atomic mass is 16.5. The molecule has 146 valence electrons. The standard InChI is InChI=1S/C18H24N4O5/c1-4-25-8-7-22-10-18-6-5-12(27-18)14(15(18)17(22)24)16(23)21(3)9-13-20-19-11(2)26-13/h5-6,12,14-15H,4,7-10H2,1-3H3/t12-,14?,15?,18-/m1/s1. The number of aryl methyl sites for hydroxylation is 1. The van der Waals surface area contributed by atoms with Crippen molar-refractivity contribution in [2.75, 3.05) is 33.4 Å². The van der Waals surface area contributed by atoms with E-state index in [1.807, 2.05) is 19.1 Å². The summed E-state index contributed by atoms with van der Waals surface area (Å²) in [5, 5.41) is 7.71. The summed E-state index contributed by atoms with van der Waals surface area (Å²) in [6.07, 6.45) is 3.49. The minimum absolute atomic E-state index is 0.0399. The normalized spacial score (nSPS) is 31.0. The Morgan fingerprint density at radius 1 is 1.48 bits per heavy atom. The van der Waals surface area contributed by atoms with Crippen LogP contribution in [0, 0.1) is 18.8 Å². The quantitative estimate of drug-likeness (QED) is 0.494. The molecule has 4 heterocycles. The molecule has 4 rings (SSSR count). The Hall–Kier alpha value is -2.26. The van der Waals surface area contributed by atoms with Gasteiger partial charge in [0.15, 0.2) is 0 Å². The molecule has 2 saturated heterocycles. The van der Waals surface area contributed by atoms with Crippen molar-refractivity contribution in [2.45, 2.75) is 32.1 Å². The third-order valence-corrected chi connectivity index (χ3v) is 5.49. The fourth-order valence-electron chi connectivity index (χ4n) is 4.31. The predicted octanol–water partition coefficient (Wildman–Crippen LogP) is 0.155. The molecule has 3 aliphatic rings. The fourth-order valence-corrected chi connectivity index (χ4v) is 4.31. The molecule has 2 unspecified atom stereocenters. The van der Waals surface area contributed by atoms with Gasteiger partial charge in [0, 0.05) is 27.1 Å². The van der Waals surface area contributed by atoms with E-state index >= 15 is 0 Å². The van der Waals surface area contributed by atoms with Crippen molar-refractivity contribution < 1.29 is 23.5 Å². The molecule has 3 aliphatic heterocycles. The molecule has 9 nitrogen and oxygen atoms in total. The average molecular weight is 376 g/mol. The van der Waals surface area contributed by atoms with Crippen LogP contribution in [0.5, 0.6) is 0 Å². The second kappa shape index (κ2) is 6.72. The van der Waals surface area contributed by atoms with Crippen molar-refractivity contribution in [1.82, 2.24) is 20.0 Å². The highest BCUT2D eigenvalue weighted by molar-refractivity contribution is 5.92. The van der Waals surface area contributed by atoms with Crippen molar-refractivity contribution in [1.29, 1.82) is 0 Å². The molecule has 0 radical (unpaired) electrons. The van der Waals surface area contributed by atoms with Crippen LogP contribution >= 0.6 is 0 Å². The molecule has 1 aromatic rings. The third kappa shape index (κ3) is 2.94. The van der Waals surface area contributed by atoms with Crippen LogP contribution in [0.1, 0.15) is 18.7 Å². The summed E-state index contributed by atoms with van der Waals surface area (Å²) >= 11 is 0. The molecule has 0 saturated carbocycles. The third-order valence-electron chi connectivity index (χ3n) is 5.49. The van der Waals surface area contributed by atoms with Gasteiger partial charge in [-0.1, -0.05) is 12.2 Å². The van der Waals surface area contributed by atoms with E-state index in [1.165, 1.54) is 4.90 Å². The van der Waals surface area contributed by atoms with Crippen LogP contribution in [0.2, 0.25) is 0 Å². The van der Waals surface area contributed by atoms with Crippen LogP contribution < -0.4 is 0 Å². The molecular formula is C18H24N4O5. The Morgan fingerprint density at radius 2 is 2.30 bits per heavy atom. The van der Waals surface area contributed by atoms with E-state index in [0.29, 0.717) is 38.1 Å². The highest BCUT2D eigenvalue weighted by Gasteiger charge is 2.67. The first-order valence-electron chi connectivity index (χ1n) is 9.23. The smallest absolute Gasteiger partial charge is 0.235 e. The molecular weight excluding hydrogens is 352 g/mol. The van der Waals surface area contributed by atoms with Crippen molar-refractivity contribution in [3.05, 3.63) is 23.9 Å². The van der Waals surface area contributed by atoms with Gasteiger partial charge in [-0.15, -0.1) is 10.2 Å². The van der Waals surface area contributed by atoms with E-state index in [4.69, 9.17) is 13.9 Å². The molecule has 9 heteroatoms. The van der Waals surface area contributed by atoms with Gasteiger partial charge in [0.25, 0.3) is 0 Å². The Balaban J connectivity index is 1.49. The van der Waals surface area contributed by atoms with Crippen molar-refractivity contribution in [3.63, 3.8) is 0 Å². The number of rotatable bonds is 7. The first-order valence-corrected chi connectivity index (χ1v) is 9.23. The van der Waals surface area contributed by atoms with Crippen LogP contribution in [0.15, 0.2) is 16.6 Å². The lowest BCUT2D eigenvalue weighted by molar-refractivity contribution is -0.143. The molecule has 2 bridgehead atoms. The van der Waals surface area contributed by atoms with E-state index in [1.54, 1.807) is 18.9 Å². The molecule has 1 aromatic heterocycles. The molecule has 2 fully saturated rings. The molecule has 4 atom stereocenters. The van der Waals surface area contributed by atoms with Gasteiger partial charge in [-0.3, -0.25) is 9.59 Å². The maximum atomic E-state index is 13.1. The zero-order valence-electron chi connectivity index (χ0n) is 15.8. The summed E-state index contributed by atoms with van der Waals surface area (Å²) in [5.41, 5.74) is -0.698. The van der Waals surface area contributed by atoms with E-state index in [-0.39, 0.29) is 24.5 Å². The van der Waals surface area contributed by atoms with E-state index in [0.717, 1.165) is 0 Å². The lowest BCUT2D eigenvalue weighted by Gasteiger charge is -2.27. The van der Waals surface area contributed by atoms with Crippen LogP contribution in [-0.4, -0.2) is 76.9 Å². The zero-order valence-corrected chi connectivity index (χ0v) is 15.8. The van der Waals surface area contributed by atoms with Crippen molar-refractivity contribution in [2.24, 2.45) is 11.8 Å². The number of carbonyl (C=O) groups excluding carboxylic acids is 2. The first-order chi connectivity index (χ1) is 12.9. The predicted molar refractivity (Wildman–Crippen MR) is 92.3 cm³/mol. The number of aromatic nitrogens is 2. The van der Waals surface area contributed by atoms with Gasteiger partial charge in [-0.25, -0.2) is 0 Å². The summed E-state index contributed by atoms with van der Waals surface area (Å²) < 4.78 is 16.8. The van der Waals surface area contributed by atoms with E-state index in [2.05, 4.69) is 10.2 Å². The van der Waals surface area contributed by atoms with Crippen LogP contribution in [0.25, 0.3) is 0 Å². The maximum absolute atomic E-state index is 13.1. The van der Waals surface area contributed by atoms with Crippen LogP contribution in [0.4, 0.5) is 0 Å². The Morgan fingerprint density at radius 3 is 3.00 bits per heavy atom. The number of amides is 2. The summed E-state index contributed by atoms with van der Waals surface area (Å²) in [6.45, 7) is 5.88. The van der Waals surface area contributed by atoms with Gasteiger partial charge in [-0.2, -0.15) is 0 Å². The van der Waals surface area contributed by atoms with Gasteiger partial charge < -0.3 is 23.7 Å². The van der Waals surface area contributed by atoms with Crippen LogP contribution in [-0.2, 0) is 25.6 Å². The van der Waals surface area contributed by atoms with Gasteiger partial charge in [-0.05, 0) is 6.92 Å². The Kier molecular flexibility index (Phi) is 4.51. The Bertz CT molecular complexity index is 778. The molecule has 0 aliphatic carbocycles. The average Bonchev–Trinajstić information content (AvgIpc) is 3.37. The van der Waals surface area contributed by atoms with E-state index < -0.39 is 17.4 Å². The monoisotopic (exact) mass is 376 g/mol. The Labute approximate surface area is 157 Å². The van der Waals surface area contributed by atoms with Gasteiger partial charge in [0.2, 0.25) is 23.6 Å². The van der Waals surface area contributed by atoms with Gasteiger partial charge >= 0.3 is 0 Å². The molecule has 1 spiro atoms. The number of fused-ring (bicyclic) bond motifs is 1. The number of nitrogens with zero attached hydrogens (tertiary/aromatic N) is 4. The lowest BCUT2D eigenvalue weighted by atomic mass is 9.76. The summed E-state index contributed by atoms with van der Waals surface area (Å²) in [4.78, 5) is 29.4. The minimum Gasteiger partial charge on any atom is -0.424 e. The SMILES string of the molecule is CCOCCN1C[C@@]23C=C[C@@H](O2)C(C(=O)N(C)Cc2nnc(C)o2)C3C1=O. The van der Waals surface area contributed by atoms with Crippen LogP contribution in [0.3, 0.4) is 0 Å². The number of ether oxygens (including phenoxy) is 2. The van der Waals surface area contributed by atoms with Gasteiger partial charge in [0.1, 0.15) is 5.60 Å². The first kappa shape index (κ1) is 18.1. The summed E-state index contributed by atoms with van der Waals surface area (Å²) in [6, 6.07) is 0. The zero-order chi connectivity index (χ0) is 19.2. The number of carbonyl (C=O) groups is 2. The minimum atomic E-state index is -0.698. The summed E-state index contributed by atoms with van der Waals surface area (Å²) in [7, 11) is 1.68. The topological polar surface area (TPSA) is 98.0 Å². The largest absolute Gasteiger partial charge is 0.424 e. The van der Waals surface area contributed by atoms with Gasteiger partial charge in [0.05, 0.1) is 37.6 Å². The second-order valence-corrected chi connectivity index (χ2v) is 7.27. The second-order valence-electron chi connectivity index (χ2n) is 7.27. The number of hydrogen-bond donors (Lipinski definition) is 0. The number of likely N-dealkylation sites (tertiary alicyclic amines) is 1. The molecule has 27 heavy (non-hydrogen) atoms. The summed E-state index contributed by atoms with van der Waals surface area (Å²) in [5.74, 6) is -0.392. The maximum Gasteiger partial charge on any atom is 0.235 e. The lowest BCUT2D eigenvalue weighted by Crippen LogP contribution is -2.44.